The maximum Gasteiger partial charge on any atom is 0.123 e. The first kappa shape index (κ1) is 12.7. The smallest absolute Gasteiger partial charge is 0.123 e. The number of carbonyl (C=O) groups is 1. The zero-order valence-electron chi connectivity index (χ0n) is 10.2. The Morgan fingerprint density at radius 1 is 1.38 bits per heavy atom. The van der Waals surface area contributed by atoms with Crippen LogP contribution in [0.3, 0.4) is 0 Å². The third kappa shape index (κ3) is 2.42. The quantitative estimate of drug-likeness (QED) is 0.794. The summed E-state index contributed by atoms with van der Waals surface area (Å²) in [5.41, 5.74) is 1.55. The monoisotopic (exact) mass is 222 g/mol. The number of aldehydes is 1. The van der Waals surface area contributed by atoms with E-state index in [1.54, 1.807) is 14.0 Å². The summed E-state index contributed by atoms with van der Waals surface area (Å²) >= 11 is 0. The zero-order valence-corrected chi connectivity index (χ0v) is 10.2. The molecule has 1 rings (SSSR count). The molecule has 88 valence electrons. The number of hydrogen-bond donors (Lipinski definition) is 1. The summed E-state index contributed by atoms with van der Waals surface area (Å²) in [5.74, 6) is 0.795. The molecule has 0 aliphatic carbocycles. The van der Waals surface area contributed by atoms with Crippen molar-refractivity contribution in [3.8, 4) is 5.75 Å². The average molecular weight is 222 g/mol. The Bertz CT molecular complexity index is 394. The first-order valence-corrected chi connectivity index (χ1v) is 5.24. The van der Waals surface area contributed by atoms with Gasteiger partial charge in [-0.25, -0.2) is 0 Å². The highest BCUT2D eigenvalue weighted by Crippen LogP contribution is 2.31. The molecule has 0 aromatic heterocycles. The summed E-state index contributed by atoms with van der Waals surface area (Å²) in [6.45, 7) is 5.46. The van der Waals surface area contributed by atoms with E-state index in [9.17, 15) is 9.90 Å². The molecule has 0 radical (unpaired) electrons. The molecular weight excluding hydrogens is 204 g/mol. The van der Waals surface area contributed by atoms with Gasteiger partial charge in [-0.2, -0.15) is 0 Å². The molecule has 16 heavy (non-hydrogen) atoms. The Morgan fingerprint density at radius 2 is 2.00 bits per heavy atom. The van der Waals surface area contributed by atoms with Crippen LogP contribution in [-0.2, 0) is 10.4 Å². The number of aliphatic hydroxyl groups is 1. The van der Waals surface area contributed by atoms with Crippen molar-refractivity contribution in [3.05, 3.63) is 28.8 Å². The molecule has 3 nitrogen and oxygen atoms in total. The van der Waals surface area contributed by atoms with Crippen LogP contribution in [0.25, 0.3) is 0 Å². The third-order valence-electron chi connectivity index (χ3n) is 2.80. The largest absolute Gasteiger partial charge is 0.496 e. The number of rotatable bonds is 4. The first-order chi connectivity index (χ1) is 7.42. The average Bonchev–Trinajstić information content (AvgIpc) is 2.20. The molecule has 0 spiro atoms. The second-order valence-corrected chi connectivity index (χ2v) is 4.28. The van der Waals surface area contributed by atoms with Crippen molar-refractivity contribution in [1.82, 2.24) is 0 Å². The van der Waals surface area contributed by atoms with Crippen LogP contribution >= 0.6 is 0 Å². The van der Waals surface area contributed by atoms with Crippen LogP contribution in [0.2, 0.25) is 0 Å². The summed E-state index contributed by atoms with van der Waals surface area (Å²) in [6, 6.07) is 3.75. The fourth-order valence-electron chi connectivity index (χ4n) is 1.86. The number of ether oxygens (including phenoxy) is 1. The minimum Gasteiger partial charge on any atom is -0.496 e. The Balaban J connectivity index is 3.25. The van der Waals surface area contributed by atoms with E-state index in [1.165, 1.54) is 0 Å². The summed E-state index contributed by atoms with van der Waals surface area (Å²) in [7, 11) is 1.62. The molecule has 1 N–H and O–H groups in total. The lowest BCUT2D eigenvalue weighted by atomic mass is 9.88. The highest BCUT2D eigenvalue weighted by atomic mass is 16.5. The van der Waals surface area contributed by atoms with Gasteiger partial charge < -0.3 is 14.6 Å². The number of carbonyl (C=O) groups excluding carboxylic acids is 1. The molecule has 0 heterocycles. The van der Waals surface area contributed by atoms with Gasteiger partial charge in [0.15, 0.2) is 0 Å². The Hall–Kier alpha value is -1.35. The summed E-state index contributed by atoms with van der Waals surface area (Å²) in [6.07, 6.45) is 0.832. The summed E-state index contributed by atoms with van der Waals surface area (Å²) in [4.78, 5) is 10.5. The van der Waals surface area contributed by atoms with Gasteiger partial charge in [0.25, 0.3) is 0 Å². The van der Waals surface area contributed by atoms with Gasteiger partial charge in [0, 0.05) is 6.42 Å². The molecule has 1 atom stereocenters. The molecule has 1 aromatic rings. The van der Waals surface area contributed by atoms with Crippen LogP contribution in [0.1, 0.15) is 30.0 Å². The molecule has 0 aliphatic heterocycles. The van der Waals surface area contributed by atoms with Crippen molar-refractivity contribution in [1.29, 1.82) is 0 Å². The standard InChI is InChI=1S/C13H18O3/c1-9-8-12(16-4)10(2)7-11(9)13(3,15)5-6-14/h6-8,15H,5H2,1-4H3. The van der Waals surface area contributed by atoms with Gasteiger partial charge in [0.05, 0.1) is 12.7 Å². The van der Waals surface area contributed by atoms with Crippen molar-refractivity contribution >= 4 is 6.29 Å². The van der Waals surface area contributed by atoms with Gasteiger partial charge in [-0.05, 0) is 49.6 Å². The number of aryl methyl sites for hydroxylation is 2. The molecule has 1 unspecified atom stereocenters. The summed E-state index contributed by atoms with van der Waals surface area (Å²) < 4.78 is 5.20. The van der Waals surface area contributed by atoms with Crippen LogP contribution in [0, 0.1) is 13.8 Å². The Morgan fingerprint density at radius 3 is 2.50 bits per heavy atom. The van der Waals surface area contributed by atoms with E-state index in [0.29, 0.717) is 0 Å². The molecule has 0 fully saturated rings. The van der Waals surface area contributed by atoms with E-state index in [0.717, 1.165) is 28.7 Å². The van der Waals surface area contributed by atoms with E-state index in [1.807, 2.05) is 26.0 Å². The van der Waals surface area contributed by atoms with Gasteiger partial charge in [-0.1, -0.05) is 0 Å². The first-order valence-electron chi connectivity index (χ1n) is 5.24. The fourth-order valence-corrected chi connectivity index (χ4v) is 1.86. The van der Waals surface area contributed by atoms with E-state index >= 15 is 0 Å². The molecule has 0 aliphatic rings. The topological polar surface area (TPSA) is 46.5 Å². The normalized spacial score (nSPS) is 14.3. The van der Waals surface area contributed by atoms with Crippen LogP contribution in [0.5, 0.6) is 5.75 Å². The van der Waals surface area contributed by atoms with Gasteiger partial charge in [0.2, 0.25) is 0 Å². The highest BCUT2D eigenvalue weighted by Gasteiger charge is 2.25. The lowest BCUT2D eigenvalue weighted by Crippen LogP contribution is -2.23. The third-order valence-corrected chi connectivity index (χ3v) is 2.80. The lowest BCUT2D eigenvalue weighted by Gasteiger charge is -2.24. The predicted molar refractivity (Wildman–Crippen MR) is 62.7 cm³/mol. The second-order valence-electron chi connectivity index (χ2n) is 4.28. The molecule has 0 bridgehead atoms. The minimum absolute atomic E-state index is 0.0968. The minimum atomic E-state index is -1.11. The van der Waals surface area contributed by atoms with E-state index in [-0.39, 0.29) is 6.42 Å². The van der Waals surface area contributed by atoms with Crippen molar-refractivity contribution in [2.75, 3.05) is 7.11 Å². The van der Waals surface area contributed by atoms with E-state index in [2.05, 4.69) is 0 Å². The molecule has 0 amide bonds. The van der Waals surface area contributed by atoms with Crippen molar-refractivity contribution in [2.24, 2.45) is 0 Å². The van der Waals surface area contributed by atoms with E-state index < -0.39 is 5.60 Å². The SMILES string of the molecule is COc1cc(C)c(C(C)(O)CC=O)cc1C. The van der Waals surface area contributed by atoms with Crippen LogP contribution in [0.15, 0.2) is 12.1 Å². The highest BCUT2D eigenvalue weighted by molar-refractivity contribution is 5.54. The van der Waals surface area contributed by atoms with Crippen molar-refractivity contribution < 1.29 is 14.6 Å². The van der Waals surface area contributed by atoms with Gasteiger partial charge in [-0.15, -0.1) is 0 Å². The Kier molecular flexibility index (Phi) is 3.70. The number of hydrogen-bond acceptors (Lipinski definition) is 3. The maximum atomic E-state index is 10.5. The van der Waals surface area contributed by atoms with Gasteiger partial charge in [0.1, 0.15) is 12.0 Å². The summed E-state index contributed by atoms with van der Waals surface area (Å²) in [5, 5.41) is 10.2. The fraction of sp³-hybridized carbons (Fsp3) is 0.462. The zero-order chi connectivity index (χ0) is 12.3. The molecule has 0 saturated carbocycles. The second kappa shape index (κ2) is 4.66. The van der Waals surface area contributed by atoms with E-state index in [4.69, 9.17) is 4.74 Å². The van der Waals surface area contributed by atoms with Crippen molar-refractivity contribution in [2.45, 2.75) is 32.8 Å². The number of methoxy groups -OCH3 is 1. The van der Waals surface area contributed by atoms with Crippen LogP contribution in [0.4, 0.5) is 0 Å². The molecule has 1 aromatic carbocycles. The van der Waals surface area contributed by atoms with Crippen molar-refractivity contribution in [3.63, 3.8) is 0 Å². The lowest BCUT2D eigenvalue weighted by molar-refractivity contribution is -0.112. The molecule has 0 saturated heterocycles. The Labute approximate surface area is 96.1 Å². The van der Waals surface area contributed by atoms with Crippen LogP contribution in [-0.4, -0.2) is 18.5 Å². The van der Waals surface area contributed by atoms with Crippen LogP contribution < -0.4 is 4.74 Å². The van der Waals surface area contributed by atoms with Gasteiger partial charge in [-0.3, -0.25) is 0 Å². The molecule has 3 heteroatoms. The maximum absolute atomic E-state index is 10.5. The molecular formula is C13H18O3. The van der Waals surface area contributed by atoms with Gasteiger partial charge >= 0.3 is 0 Å². The predicted octanol–water partition coefficient (Wildman–Crippen LogP) is 2.11. The number of benzene rings is 1.